The Labute approximate surface area is 140 Å². The fraction of sp³-hybridized carbons (Fsp3) is 0.800. The molecule has 0 spiro atoms. The second kappa shape index (κ2) is 5.44. The van der Waals surface area contributed by atoms with Crippen molar-refractivity contribution in [1.29, 1.82) is 0 Å². The second-order valence-corrected chi connectivity index (χ2v) is 8.98. The first kappa shape index (κ1) is 17.2. The molecule has 3 aliphatic rings. The molecule has 6 unspecified atom stereocenters. The van der Waals surface area contributed by atoms with Crippen LogP contribution in [0.2, 0.25) is 0 Å². The van der Waals surface area contributed by atoms with E-state index in [4.69, 9.17) is 0 Å². The number of aliphatic hydroxyl groups is 3. The highest BCUT2D eigenvalue weighted by atomic mass is 16.3. The number of aliphatic hydroxyl groups excluding tert-OH is 3. The Morgan fingerprint density at radius 1 is 1.22 bits per heavy atom. The summed E-state index contributed by atoms with van der Waals surface area (Å²) >= 11 is 0. The molecule has 130 valence electrons. The van der Waals surface area contributed by atoms with Crippen molar-refractivity contribution in [2.75, 3.05) is 6.61 Å². The van der Waals surface area contributed by atoms with Gasteiger partial charge in [-0.3, -0.25) is 0 Å². The highest BCUT2D eigenvalue weighted by molar-refractivity contribution is 5.35. The zero-order chi connectivity index (χ0) is 17.0. The number of hydrogen-bond acceptors (Lipinski definition) is 3. The van der Waals surface area contributed by atoms with Crippen LogP contribution >= 0.6 is 0 Å². The van der Waals surface area contributed by atoms with Crippen molar-refractivity contribution in [2.24, 2.45) is 22.2 Å². The summed E-state index contributed by atoms with van der Waals surface area (Å²) in [7, 11) is 0. The SMILES string of the molecule is C=CC1(C)CCC2=C(C1)C(O)CC1C2(C)CCC(O)C1(C)CO. The Hall–Kier alpha value is -0.640. The molecule has 0 aromatic heterocycles. The van der Waals surface area contributed by atoms with Gasteiger partial charge in [-0.2, -0.15) is 0 Å². The van der Waals surface area contributed by atoms with Crippen LogP contribution in [0.15, 0.2) is 23.8 Å². The maximum Gasteiger partial charge on any atom is 0.0756 e. The molecular formula is C20H32O3. The Morgan fingerprint density at radius 2 is 1.91 bits per heavy atom. The van der Waals surface area contributed by atoms with E-state index in [1.54, 1.807) is 0 Å². The van der Waals surface area contributed by atoms with Crippen LogP contribution in [0.1, 0.15) is 59.3 Å². The van der Waals surface area contributed by atoms with E-state index < -0.39 is 17.6 Å². The summed E-state index contributed by atoms with van der Waals surface area (Å²) in [6, 6.07) is 0. The summed E-state index contributed by atoms with van der Waals surface area (Å²) in [5.74, 6) is 0.130. The lowest BCUT2D eigenvalue weighted by Gasteiger charge is -2.59. The minimum absolute atomic E-state index is 0.00618. The van der Waals surface area contributed by atoms with Crippen LogP contribution in [-0.2, 0) is 0 Å². The maximum absolute atomic E-state index is 10.8. The lowest BCUT2D eigenvalue weighted by Crippen LogP contribution is -2.57. The Morgan fingerprint density at radius 3 is 2.52 bits per heavy atom. The first-order chi connectivity index (χ1) is 10.7. The molecule has 23 heavy (non-hydrogen) atoms. The standard InChI is InChI=1S/C20H32O3/c1-5-18(2)8-6-14-13(11-18)15(22)10-16-19(14,3)9-7-17(23)20(16,4)12-21/h5,15-17,21-23H,1,6-12H2,2-4H3. The Bertz CT molecular complexity index is 539. The molecule has 0 aromatic rings. The zero-order valence-electron chi connectivity index (χ0n) is 14.8. The minimum atomic E-state index is -0.522. The van der Waals surface area contributed by atoms with Crippen molar-refractivity contribution >= 4 is 0 Å². The number of fused-ring (bicyclic) bond motifs is 2. The third kappa shape index (κ3) is 2.35. The highest BCUT2D eigenvalue weighted by Gasteiger charge is 2.58. The lowest BCUT2D eigenvalue weighted by molar-refractivity contribution is -0.135. The van der Waals surface area contributed by atoms with E-state index in [0.717, 1.165) is 32.1 Å². The van der Waals surface area contributed by atoms with Crippen molar-refractivity contribution in [1.82, 2.24) is 0 Å². The molecule has 0 radical (unpaired) electrons. The molecule has 6 atom stereocenters. The van der Waals surface area contributed by atoms with Crippen molar-refractivity contribution in [3.05, 3.63) is 23.8 Å². The van der Waals surface area contributed by atoms with Crippen LogP contribution in [0.25, 0.3) is 0 Å². The molecule has 0 aromatic carbocycles. The third-order valence-corrected chi connectivity index (χ3v) is 7.58. The van der Waals surface area contributed by atoms with Gasteiger partial charge in [0.15, 0.2) is 0 Å². The summed E-state index contributed by atoms with van der Waals surface area (Å²) in [6.45, 7) is 10.5. The lowest BCUT2D eigenvalue weighted by atomic mass is 9.46. The average Bonchev–Trinajstić information content (AvgIpc) is 2.54. The zero-order valence-corrected chi connectivity index (χ0v) is 14.8. The van der Waals surface area contributed by atoms with Gasteiger partial charge in [-0.05, 0) is 60.8 Å². The minimum Gasteiger partial charge on any atom is -0.396 e. The van der Waals surface area contributed by atoms with Crippen LogP contribution in [-0.4, -0.2) is 34.1 Å². The van der Waals surface area contributed by atoms with E-state index in [-0.39, 0.29) is 23.4 Å². The van der Waals surface area contributed by atoms with Crippen LogP contribution < -0.4 is 0 Å². The molecule has 3 nitrogen and oxygen atoms in total. The van der Waals surface area contributed by atoms with E-state index in [0.29, 0.717) is 6.42 Å². The molecule has 3 heteroatoms. The monoisotopic (exact) mass is 320 g/mol. The molecule has 0 bridgehead atoms. The van der Waals surface area contributed by atoms with Gasteiger partial charge < -0.3 is 15.3 Å². The fourth-order valence-electron chi connectivity index (χ4n) is 5.72. The topological polar surface area (TPSA) is 60.7 Å². The molecule has 0 aliphatic heterocycles. The van der Waals surface area contributed by atoms with E-state index >= 15 is 0 Å². The quantitative estimate of drug-likeness (QED) is 0.685. The molecule has 0 heterocycles. The van der Waals surface area contributed by atoms with Crippen LogP contribution in [0.3, 0.4) is 0 Å². The van der Waals surface area contributed by atoms with Crippen LogP contribution in [0, 0.1) is 22.2 Å². The number of allylic oxidation sites excluding steroid dienone is 2. The smallest absolute Gasteiger partial charge is 0.0756 e. The first-order valence-electron chi connectivity index (χ1n) is 9.03. The highest BCUT2D eigenvalue weighted by Crippen LogP contribution is 2.62. The van der Waals surface area contributed by atoms with Crippen molar-refractivity contribution in [3.8, 4) is 0 Å². The summed E-state index contributed by atoms with van der Waals surface area (Å²) in [5.41, 5.74) is 2.18. The van der Waals surface area contributed by atoms with Gasteiger partial charge in [0.05, 0.1) is 18.8 Å². The maximum atomic E-state index is 10.8. The fourth-order valence-corrected chi connectivity index (χ4v) is 5.72. The van der Waals surface area contributed by atoms with Gasteiger partial charge in [0, 0.05) is 5.41 Å². The van der Waals surface area contributed by atoms with Crippen LogP contribution in [0.5, 0.6) is 0 Å². The largest absolute Gasteiger partial charge is 0.396 e. The second-order valence-electron chi connectivity index (χ2n) is 8.98. The third-order valence-electron chi connectivity index (χ3n) is 7.58. The molecular weight excluding hydrogens is 288 g/mol. The number of rotatable bonds is 2. The van der Waals surface area contributed by atoms with Gasteiger partial charge in [0.25, 0.3) is 0 Å². The molecule has 1 saturated carbocycles. The summed E-state index contributed by atoms with van der Waals surface area (Å²) in [4.78, 5) is 0. The van der Waals surface area contributed by atoms with Gasteiger partial charge in [-0.1, -0.05) is 32.4 Å². The van der Waals surface area contributed by atoms with Crippen molar-refractivity contribution in [2.45, 2.75) is 71.5 Å². The molecule has 0 saturated heterocycles. The van der Waals surface area contributed by atoms with E-state index in [1.165, 1.54) is 11.1 Å². The first-order valence-corrected chi connectivity index (χ1v) is 9.03. The molecule has 3 N–H and O–H groups in total. The summed E-state index contributed by atoms with van der Waals surface area (Å²) in [5, 5.41) is 31.4. The van der Waals surface area contributed by atoms with Gasteiger partial charge >= 0.3 is 0 Å². The predicted octanol–water partition coefficient (Wildman–Crippen LogP) is 3.20. The van der Waals surface area contributed by atoms with Crippen molar-refractivity contribution in [3.63, 3.8) is 0 Å². The molecule has 3 aliphatic carbocycles. The average molecular weight is 320 g/mol. The van der Waals surface area contributed by atoms with Gasteiger partial charge in [-0.25, -0.2) is 0 Å². The molecule has 0 amide bonds. The summed E-state index contributed by atoms with van der Waals surface area (Å²) in [6.07, 6.45) is 6.41. The number of hydrogen-bond donors (Lipinski definition) is 3. The van der Waals surface area contributed by atoms with Crippen LogP contribution in [0.4, 0.5) is 0 Å². The molecule has 1 fully saturated rings. The van der Waals surface area contributed by atoms with Crippen molar-refractivity contribution < 1.29 is 15.3 Å². The normalized spacial score (nSPS) is 50.3. The summed E-state index contributed by atoms with van der Waals surface area (Å²) < 4.78 is 0. The molecule has 3 rings (SSSR count). The van der Waals surface area contributed by atoms with Gasteiger partial charge in [0.2, 0.25) is 0 Å². The van der Waals surface area contributed by atoms with Gasteiger partial charge in [-0.15, -0.1) is 6.58 Å². The Kier molecular flexibility index (Phi) is 4.06. The van der Waals surface area contributed by atoms with Gasteiger partial charge in [0.1, 0.15) is 0 Å². The van der Waals surface area contributed by atoms with E-state index in [9.17, 15) is 15.3 Å². The predicted molar refractivity (Wildman–Crippen MR) is 91.8 cm³/mol. The Balaban J connectivity index is 2.06. The van der Waals surface area contributed by atoms with E-state index in [1.807, 2.05) is 13.0 Å². The van der Waals surface area contributed by atoms with E-state index in [2.05, 4.69) is 20.4 Å².